The van der Waals surface area contributed by atoms with Gasteiger partial charge in [0.1, 0.15) is 5.00 Å². The Balaban J connectivity index is 1.75. The van der Waals surface area contributed by atoms with Crippen LogP contribution in [-0.2, 0) is 22.4 Å². The van der Waals surface area contributed by atoms with Gasteiger partial charge in [0.25, 0.3) is 5.03 Å². The monoisotopic (exact) mass is 392 g/mol. The molecule has 0 radical (unpaired) electrons. The smallest absolute Gasteiger partial charge is 0.341 e. The molecular formula is C18H20N2O4S2. The SMILES string of the molecule is COC(=O)c1c(NC(=O)CSc2cccc[n+]2[O-])sc2c1CCC(C)C2. The first kappa shape index (κ1) is 18.7. The first-order valence-corrected chi connectivity index (χ1v) is 10.1. The molecule has 0 bridgehead atoms. The van der Waals surface area contributed by atoms with Crippen molar-refractivity contribution in [3.8, 4) is 0 Å². The number of methoxy groups -OCH3 is 1. The van der Waals surface area contributed by atoms with E-state index in [4.69, 9.17) is 4.74 Å². The summed E-state index contributed by atoms with van der Waals surface area (Å²) in [6.07, 6.45) is 4.15. The zero-order valence-electron chi connectivity index (χ0n) is 14.6. The Kier molecular flexibility index (Phi) is 5.83. The highest BCUT2D eigenvalue weighted by Crippen LogP contribution is 2.40. The number of rotatable bonds is 5. The Hall–Kier alpha value is -2.06. The minimum absolute atomic E-state index is 0.0891. The van der Waals surface area contributed by atoms with Crippen LogP contribution in [0.3, 0.4) is 0 Å². The van der Waals surface area contributed by atoms with Gasteiger partial charge in [-0.25, -0.2) is 4.79 Å². The van der Waals surface area contributed by atoms with E-state index >= 15 is 0 Å². The summed E-state index contributed by atoms with van der Waals surface area (Å²) >= 11 is 2.61. The van der Waals surface area contributed by atoms with Crippen LogP contribution in [0.2, 0.25) is 0 Å². The number of esters is 1. The van der Waals surface area contributed by atoms with E-state index in [0.29, 0.717) is 21.5 Å². The fourth-order valence-electron chi connectivity index (χ4n) is 2.98. The topological polar surface area (TPSA) is 82.3 Å². The Bertz CT molecular complexity index is 835. The lowest BCUT2D eigenvalue weighted by Gasteiger charge is -2.18. The molecule has 3 rings (SSSR count). The second kappa shape index (κ2) is 8.09. The van der Waals surface area contributed by atoms with Gasteiger partial charge in [0, 0.05) is 17.0 Å². The van der Waals surface area contributed by atoms with E-state index in [9.17, 15) is 14.8 Å². The largest absolute Gasteiger partial charge is 0.618 e. The van der Waals surface area contributed by atoms with E-state index in [1.54, 1.807) is 18.2 Å². The Morgan fingerprint density at radius 2 is 2.27 bits per heavy atom. The maximum Gasteiger partial charge on any atom is 0.341 e. The normalized spacial score (nSPS) is 16.0. The van der Waals surface area contributed by atoms with Crippen LogP contribution in [0.15, 0.2) is 29.4 Å². The number of anilines is 1. The van der Waals surface area contributed by atoms with Gasteiger partial charge < -0.3 is 15.3 Å². The van der Waals surface area contributed by atoms with Crippen LogP contribution >= 0.6 is 23.1 Å². The number of nitrogens with one attached hydrogen (secondary N) is 1. The predicted octanol–water partition coefficient (Wildman–Crippen LogP) is 3.02. The lowest BCUT2D eigenvalue weighted by molar-refractivity contribution is -0.645. The van der Waals surface area contributed by atoms with Gasteiger partial charge in [0.2, 0.25) is 5.91 Å². The zero-order valence-corrected chi connectivity index (χ0v) is 16.2. The first-order chi connectivity index (χ1) is 12.5. The number of thioether (sulfide) groups is 1. The van der Waals surface area contributed by atoms with E-state index in [1.807, 2.05) is 0 Å². The molecule has 138 valence electrons. The highest BCUT2D eigenvalue weighted by Gasteiger charge is 2.28. The van der Waals surface area contributed by atoms with E-state index < -0.39 is 5.97 Å². The molecule has 0 saturated heterocycles. The Morgan fingerprint density at radius 3 is 3.00 bits per heavy atom. The summed E-state index contributed by atoms with van der Waals surface area (Å²) in [5.74, 6) is -0.0151. The molecule has 0 aliphatic heterocycles. The molecule has 1 N–H and O–H groups in total. The first-order valence-electron chi connectivity index (χ1n) is 8.33. The number of amides is 1. The number of ether oxygens (including phenoxy) is 1. The van der Waals surface area contributed by atoms with Crippen molar-refractivity contribution < 1.29 is 19.1 Å². The summed E-state index contributed by atoms with van der Waals surface area (Å²) < 4.78 is 5.65. The standard InChI is InChI=1S/C18H20N2O4S2/c1-11-6-7-12-13(9-11)26-17(16(12)18(22)24-2)19-14(21)10-25-15-5-3-4-8-20(15)23/h3-5,8,11H,6-7,9-10H2,1-2H3,(H,19,21). The molecule has 1 amide bonds. The molecule has 0 fully saturated rings. The van der Waals surface area contributed by atoms with Crippen molar-refractivity contribution in [2.24, 2.45) is 5.92 Å². The molecule has 1 aliphatic rings. The number of carbonyl (C=O) groups excluding carboxylic acids is 2. The van der Waals surface area contributed by atoms with Crippen molar-refractivity contribution in [1.29, 1.82) is 0 Å². The minimum atomic E-state index is -0.416. The summed E-state index contributed by atoms with van der Waals surface area (Å²) in [4.78, 5) is 25.7. The molecule has 0 spiro atoms. The second-order valence-corrected chi connectivity index (χ2v) is 8.35. The van der Waals surface area contributed by atoms with Crippen LogP contribution in [0.25, 0.3) is 0 Å². The summed E-state index contributed by atoms with van der Waals surface area (Å²) in [7, 11) is 1.35. The second-order valence-electron chi connectivity index (χ2n) is 6.25. The third-order valence-corrected chi connectivity index (χ3v) is 6.48. The number of hydrogen-bond acceptors (Lipinski definition) is 6. The molecule has 26 heavy (non-hydrogen) atoms. The molecule has 1 unspecified atom stereocenters. The van der Waals surface area contributed by atoms with E-state index in [0.717, 1.165) is 46.2 Å². The number of carbonyl (C=O) groups is 2. The summed E-state index contributed by atoms with van der Waals surface area (Å²) in [6, 6.07) is 5.05. The molecule has 1 aliphatic carbocycles. The van der Waals surface area contributed by atoms with Crippen molar-refractivity contribution in [3.05, 3.63) is 45.6 Å². The number of nitrogens with zero attached hydrogens (tertiary/aromatic N) is 1. The van der Waals surface area contributed by atoms with Gasteiger partial charge in [0.15, 0.2) is 6.20 Å². The highest BCUT2D eigenvalue weighted by atomic mass is 32.2. The van der Waals surface area contributed by atoms with E-state index in [1.165, 1.54) is 24.6 Å². The quantitative estimate of drug-likeness (QED) is 0.366. The number of aromatic nitrogens is 1. The number of fused-ring (bicyclic) bond motifs is 1. The Morgan fingerprint density at radius 1 is 1.46 bits per heavy atom. The third kappa shape index (κ3) is 4.02. The molecule has 2 aromatic rings. The predicted molar refractivity (Wildman–Crippen MR) is 102 cm³/mol. The average molecular weight is 393 g/mol. The summed E-state index contributed by atoms with van der Waals surface area (Å²) in [5, 5.41) is 15.5. The fourth-order valence-corrected chi connectivity index (χ4v) is 5.11. The van der Waals surface area contributed by atoms with E-state index in [-0.39, 0.29) is 11.7 Å². The van der Waals surface area contributed by atoms with Crippen molar-refractivity contribution in [1.82, 2.24) is 0 Å². The number of thiophene rings is 1. The zero-order chi connectivity index (χ0) is 18.7. The van der Waals surface area contributed by atoms with Gasteiger partial charge in [-0.15, -0.1) is 11.3 Å². The molecular weight excluding hydrogens is 372 g/mol. The molecule has 8 heteroatoms. The lowest BCUT2D eigenvalue weighted by Crippen LogP contribution is -2.28. The molecule has 6 nitrogen and oxygen atoms in total. The lowest BCUT2D eigenvalue weighted by atomic mass is 9.88. The highest BCUT2D eigenvalue weighted by molar-refractivity contribution is 7.99. The van der Waals surface area contributed by atoms with Crippen LogP contribution in [0.4, 0.5) is 5.00 Å². The van der Waals surface area contributed by atoms with Crippen molar-refractivity contribution >= 4 is 40.0 Å². The summed E-state index contributed by atoms with van der Waals surface area (Å²) in [5.41, 5.74) is 1.49. The Labute approximate surface area is 160 Å². The fraction of sp³-hybridized carbons (Fsp3) is 0.389. The van der Waals surface area contributed by atoms with Gasteiger partial charge in [-0.3, -0.25) is 4.79 Å². The number of hydrogen-bond donors (Lipinski definition) is 1. The van der Waals surface area contributed by atoms with Crippen LogP contribution in [-0.4, -0.2) is 24.7 Å². The molecule has 1 atom stereocenters. The molecule has 2 aromatic heterocycles. The van der Waals surface area contributed by atoms with Crippen LogP contribution < -0.4 is 10.0 Å². The molecule has 2 heterocycles. The average Bonchev–Trinajstić information content (AvgIpc) is 2.97. The van der Waals surface area contributed by atoms with Gasteiger partial charge in [-0.05, 0) is 48.6 Å². The van der Waals surface area contributed by atoms with Gasteiger partial charge in [-0.2, -0.15) is 4.73 Å². The van der Waals surface area contributed by atoms with Crippen LogP contribution in [0.1, 0.15) is 34.1 Å². The maximum atomic E-state index is 12.3. The van der Waals surface area contributed by atoms with Gasteiger partial charge in [0.05, 0.1) is 18.4 Å². The summed E-state index contributed by atoms with van der Waals surface area (Å²) in [6.45, 7) is 2.19. The van der Waals surface area contributed by atoms with Crippen LogP contribution in [0.5, 0.6) is 0 Å². The van der Waals surface area contributed by atoms with E-state index in [2.05, 4.69) is 12.2 Å². The van der Waals surface area contributed by atoms with Crippen molar-refractivity contribution in [2.75, 3.05) is 18.2 Å². The molecule has 0 aromatic carbocycles. The third-order valence-electron chi connectivity index (χ3n) is 4.29. The molecule has 0 saturated carbocycles. The van der Waals surface area contributed by atoms with Crippen molar-refractivity contribution in [2.45, 2.75) is 31.2 Å². The van der Waals surface area contributed by atoms with Crippen LogP contribution in [0, 0.1) is 11.1 Å². The number of pyridine rings is 1. The van der Waals surface area contributed by atoms with Gasteiger partial charge in [-0.1, -0.05) is 6.92 Å². The maximum absolute atomic E-state index is 12.3. The van der Waals surface area contributed by atoms with Gasteiger partial charge >= 0.3 is 5.97 Å². The minimum Gasteiger partial charge on any atom is -0.618 e. The van der Waals surface area contributed by atoms with Crippen molar-refractivity contribution in [3.63, 3.8) is 0 Å².